The molecule has 0 saturated heterocycles. The third-order valence-electron chi connectivity index (χ3n) is 2.50. The Hall–Kier alpha value is -2.84. The number of amides is 1. The van der Waals surface area contributed by atoms with E-state index in [0.29, 0.717) is 5.39 Å². The normalized spacial score (nSPS) is 10.8. The van der Waals surface area contributed by atoms with E-state index in [0.717, 1.165) is 0 Å². The van der Waals surface area contributed by atoms with Crippen LogP contribution in [-0.4, -0.2) is 36.3 Å². The van der Waals surface area contributed by atoms with Crippen LogP contribution in [0.1, 0.15) is 10.5 Å². The summed E-state index contributed by atoms with van der Waals surface area (Å²) in [4.78, 5) is 13.2. The molecule has 0 atom stereocenters. The molecule has 0 spiro atoms. The van der Waals surface area contributed by atoms with E-state index in [1.54, 1.807) is 13.1 Å². The van der Waals surface area contributed by atoms with Crippen LogP contribution in [0.2, 0.25) is 0 Å². The molecule has 3 rings (SSSR count). The molecular formula is C10H8FN7O. The molecule has 1 aromatic carbocycles. The standard InChI is InChI=1S/C10H8FN7O/c1-18-16-10(15-17-18)12-9(19)8-5-3-2-4-6(11)7(5)13-14-8/h2-4H,1H3,(H,13,14)(H,12,16,19). The smallest absolute Gasteiger partial charge is 0.276 e. The van der Waals surface area contributed by atoms with E-state index in [9.17, 15) is 9.18 Å². The van der Waals surface area contributed by atoms with Crippen molar-refractivity contribution in [3.8, 4) is 0 Å². The van der Waals surface area contributed by atoms with Gasteiger partial charge in [-0.15, -0.1) is 5.10 Å². The fraction of sp³-hybridized carbons (Fsp3) is 0.100. The van der Waals surface area contributed by atoms with E-state index < -0.39 is 11.7 Å². The summed E-state index contributed by atoms with van der Waals surface area (Å²) in [5.74, 6) is -0.946. The number of carbonyl (C=O) groups is 1. The molecule has 3 aromatic rings. The molecule has 96 valence electrons. The van der Waals surface area contributed by atoms with Crippen LogP contribution in [-0.2, 0) is 7.05 Å². The van der Waals surface area contributed by atoms with E-state index in [-0.39, 0.29) is 17.2 Å². The Kier molecular flexibility index (Phi) is 2.44. The largest absolute Gasteiger partial charge is 0.286 e. The van der Waals surface area contributed by atoms with Gasteiger partial charge in [-0.05, 0) is 11.3 Å². The summed E-state index contributed by atoms with van der Waals surface area (Å²) in [5.41, 5.74) is 0.252. The third kappa shape index (κ3) is 1.90. The van der Waals surface area contributed by atoms with Gasteiger partial charge in [0.1, 0.15) is 11.2 Å². The van der Waals surface area contributed by atoms with Gasteiger partial charge >= 0.3 is 0 Å². The number of aromatic amines is 1. The number of carbonyl (C=O) groups excluding carboxylic acids is 1. The lowest BCUT2D eigenvalue weighted by Gasteiger charge is -1.97. The molecule has 1 amide bonds. The van der Waals surface area contributed by atoms with Gasteiger partial charge in [0.05, 0.1) is 7.05 Å². The number of benzene rings is 1. The van der Waals surface area contributed by atoms with Crippen molar-refractivity contribution in [3.63, 3.8) is 0 Å². The van der Waals surface area contributed by atoms with E-state index in [4.69, 9.17) is 0 Å². The van der Waals surface area contributed by atoms with Crippen LogP contribution in [0.15, 0.2) is 18.2 Å². The quantitative estimate of drug-likeness (QED) is 0.698. The first-order chi connectivity index (χ1) is 9.15. The van der Waals surface area contributed by atoms with Crippen molar-refractivity contribution in [2.24, 2.45) is 7.05 Å². The summed E-state index contributed by atoms with van der Waals surface area (Å²) in [7, 11) is 1.57. The van der Waals surface area contributed by atoms with Gasteiger partial charge in [-0.1, -0.05) is 17.2 Å². The molecular weight excluding hydrogens is 253 g/mol. The van der Waals surface area contributed by atoms with Gasteiger partial charge in [0.25, 0.3) is 11.9 Å². The number of H-pyrrole nitrogens is 1. The highest BCUT2D eigenvalue weighted by Gasteiger charge is 2.17. The Morgan fingerprint density at radius 3 is 3.05 bits per heavy atom. The molecule has 0 bridgehead atoms. The number of para-hydroxylation sites is 1. The summed E-state index contributed by atoms with van der Waals surface area (Å²) in [5, 5.41) is 20.1. The topological polar surface area (TPSA) is 101 Å². The summed E-state index contributed by atoms with van der Waals surface area (Å²) in [6, 6.07) is 4.38. The highest BCUT2D eigenvalue weighted by atomic mass is 19.1. The predicted molar refractivity (Wildman–Crippen MR) is 62.8 cm³/mol. The minimum absolute atomic E-state index is 0.0617. The maximum Gasteiger partial charge on any atom is 0.276 e. The van der Waals surface area contributed by atoms with Crippen molar-refractivity contribution in [2.45, 2.75) is 0 Å². The zero-order valence-corrected chi connectivity index (χ0v) is 9.75. The number of nitrogens with one attached hydrogen (secondary N) is 2. The second kappa shape index (κ2) is 4.12. The minimum Gasteiger partial charge on any atom is -0.286 e. The molecule has 0 aliphatic rings. The Morgan fingerprint density at radius 1 is 1.47 bits per heavy atom. The van der Waals surface area contributed by atoms with Crippen molar-refractivity contribution in [2.75, 3.05) is 5.32 Å². The molecule has 0 aliphatic carbocycles. The second-order valence-electron chi connectivity index (χ2n) is 3.79. The number of halogens is 1. The van der Waals surface area contributed by atoms with Crippen LogP contribution in [0.3, 0.4) is 0 Å². The van der Waals surface area contributed by atoms with Crippen molar-refractivity contribution < 1.29 is 9.18 Å². The van der Waals surface area contributed by atoms with Crippen LogP contribution in [0.25, 0.3) is 10.9 Å². The van der Waals surface area contributed by atoms with Gasteiger partial charge in [-0.25, -0.2) is 4.39 Å². The highest BCUT2D eigenvalue weighted by molar-refractivity contribution is 6.10. The van der Waals surface area contributed by atoms with Gasteiger partial charge in [0.2, 0.25) is 0 Å². The Morgan fingerprint density at radius 2 is 2.32 bits per heavy atom. The van der Waals surface area contributed by atoms with Gasteiger partial charge < -0.3 is 0 Å². The number of nitrogens with zero attached hydrogens (tertiary/aromatic N) is 5. The van der Waals surface area contributed by atoms with E-state index >= 15 is 0 Å². The average Bonchev–Trinajstić information content (AvgIpc) is 2.96. The molecule has 0 saturated carbocycles. The number of hydrogen-bond acceptors (Lipinski definition) is 5. The maximum atomic E-state index is 13.4. The summed E-state index contributed by atoms with van der Waals surface area (Å²) in [6.07, 6.45) is 0. The van der Waals surface area contributed by atoms with Crippen molar-refractivity contribution in [1.29, 1.82) is 0 Å². The predicted octanol–water partition coefficient (Wildman–Crippen LogP) is 0.478. The van der Waals surface area contributed by atoms with E-state index in [1.807, 2.05) is 0 Å². The monoisotopic (exact) mass is 261 g/mol. The lowest BCUT2D eigenvalue weighted by Crippen LogP contribution is -2.14. The van der Waals surface area contributed by atoms with Crippen molar-refractivity contribution in [1.82, 2.24) is 30.4 Å². The zero-order valence-electron chi connectivity index (χ0n) is 9.75. The second-order valence-corrected chi connectivity index (χ2v) is 3.79. The lowest BCUT2D eigenvalue weighted by atomic mass is 10.2. The number of aryl methyl sites for hydroxylation is 1. The summed E-state index contributed by atoms with van der Waals surface area (Å²) in [6.45, 7) is 0. The van der Waals surface area contributed by atoms with Crippen LogP contribution >= 0.6 is 0 Å². The molecule has 19 heavy (non-hydrogen) atoms. The first-order valence-electron chi connectivity index (χ1n) is 5.33. The minimum atomic E-state index is -0.513. The van der Waals surface area contributed by atoms with Crippen LogP contribution in [0, 0.1) is 5.82 Å². The van der Waals surface area contributed by atoms with Crippen LogP contribution in [0.4, 0.5) is 10.3 Å². The maximum absolute atomic E-state index is 13.4. The first kappa shape index (κ1) is 11.3. The highest BCUT2D eigenvalue weighted by Crippen LogP contribution is 2.18. The number of fused-ring (bicyclic) bond motifs is 1. The number of tetrazole rings is 1. The number of anilines is 1. The fourth-order valence-corrected chi connectivity index (χ4v) is 1.67. The molecule has 8 nitrogen and oxygen atoms in total. The number of hydrogen-bond donors (Lipinski definition) is 2. The molecule has 0 radical (unpaired) electrons. The molecule has 0 fully saturated rings. The lowest BCUT2D eigenvalue weighted by molar-refractivity contribution is 0.102. The van der Waals surface area contributed by atoms with Gasteiger partial charge in [-0.3, -0.25) is 15.2 Å². The Bertz CT molecular complexity index is 762. The molecule has 0 unspecified atom stereocenters. The zero-order chi connectivity index (χ0) is 13.4. The van der Waals surface area contributed by atoms with Gasteiger partial charge in [0.15, 0.2) is 5.82 Å². The molecule has 2 N–H and O–H groups in total. The average molecular weight is 261 g/mol. The Labute approximate surface area is 105 Å². The SMILES string of the molecule is Cn1nnc(NC(=O)c2[nH]nc3c(F)cccc23)n1. The molecule has 0 aliphatic heterocycles. The molecule has 9 heteroatoms. The van der Waals surface area contributed by atoms with Crippen LogP contribution < -0.4 is 5.32 Å². The van der Waals surface area contributed by atoms with Gasteiger partial charge in [0, 0.05) is 5.39 Å². The van der Waals surface area contributed by atoms with Gasteiger partial charge in [-0.2, -0.15) is 9.90 Å². The number of aromatic nitrogens is 6. The molecule has 2 aromatic heterocycles. The summed E-state index contributed by atoms with van der Waals surface area (Å²) >= 11 is 0. The fourth-order valence-electron chi connectivity index (χ4n) is 1.67. The van der Waals surface area contributed by atoms with Crippen molar-refractivity contribution >= 4 is 22.8 Å². The third-order valence-corrected chi connectivity index (χ3v) is 2.50. The summed E-state index contributed by atoms with van der Waals surface area (Å²) < 4.78 is 13.4. The van der Waals surface area contributed by atoms with E-state index in [2.05, 4.69) is 30.9 Å². The van der Waals surface area contributed by atoms with Crippen LogP contribution in [0.5, 0.6) is 0 Å². The van der Waals surface area contributed by atoms with E-state index in [1.165, 1.54) is 16.9 Å². The van der Waals surface area contributed by atoms with Crippen molar-refractivity contribution in [3.05, 3.63) is 29.7 Å². The molecule has 2 heterocycles. The number of rotatable bonds is 2. The first-order valence-corrected chi connectivity index (χ1v) is 5.33. The Balaban J connectivity index is 1.96.